The van der Waals surface area contributed by atoms with E-state index in [9.17, 15) is 13.2 Å². The van der Waals surface area contributed by atoms with Gasteiger partial charge >= 0.3 is 6.18 Å². The fraction of sp³-hybridized carbons (Fsp3) is 0.0741. The van der Waals surface area contributed by atoms with Crippen molar-refractivity contribution in [3.8, 4) is 11.1 Å². The van der Waals surface area contributed by atoms with Gasteiger partial charge in [0.2, 0.25) is 0 Å². The van der Waals surface area contributed by atoms with E-state index in [-0.39, 0.29) is 0 Å². The molecule has 1 nitrogen and oxygen atoms in total. The summed E-state index contributed by atoms with van der Waals surface area (Å²) in [7, 11) is 0. The lowest BCUT2D eigenvalue weighted by Crippen LogP contribution is -2.04. The number of rotatable bonds is 0. The van der Waals surface area contributed by atoms with E-state index in [0.29, 0.717) is 0 Å². The average molecular weight is 413 g/mol. The monoisotopic (exact) mass is 413 g/mol. The average Bonchev–Trinajstić information content (AvgIpc) is 3.15. The Morgan fingerprint density at radius 3 is 1.84 bits per heavy atom. The van der Waals surface area contributed by atoms with Gasteiger partial charge in [0.25, 0.3) is 0 Å². The highest BCUT2D eigenvalue weighted by atomic mass is 19.4. The van der Waals surface area contributed by atoms with Crippen LogP contribution in [0.1, 0.15) is 16.7 Å². The van der Waals surface area contributed by atoms with Crippen LogP contribution in [0.25, 0.3) is 32.9 Å². The van der Waals surface area contributed by atoms with E-state index in [1.807, 2.05) is 60.7 Å². The van der Waals surface area contributed by atoms with Gasteiger partial charge in [-0.3, -0.25) is 0 Å². The molecule has 1 aliphatic rings. The number of pyridine rings is 1. The van der Waals surface area contributed by atoms with Crippen molar-refractivity contribution >= 4 is 21.8 Å². The smallest absolute Gasteiger partial charge is 0.248 e. The number of halogens is 3. The number of fused-ring (bicyclic) bond motifs is 5. The van der Waals surface area contributed by atoms with Gasteiger partial charge in [0, 0.05) is 10.8 Å². The second-order valence-corrected chi connectivity index (χ2v) is 7.58. The summed E-state index contributed by atoms with van der Waals surface area (Å²) < 4.78 is 37.9. The van der Waals surface area contributed by atoms with Gasteiger partial charge in [-0.05, 0) is 59.0 Å². The molecule has 1 heterocycles. The highest BCUT2D eigenvalue weighted by molar-refractivity contribution is 5.92. The van der Waals surface area contributed by atoms with Crippen LogP contribution in [0.5, 0.6) is 0 Å². The SMILES string of the molecule is FC(F)(F)c1ccc2c(c1)-c1ccccc1C2.c1ccc2nc3ccccc3cc2c1. The van der Waals surface area contributed by atoms with E-state index >= 15 is 0 Å². The molecule has 0 aliphatic heterocycles. The van der Waals surface area contributed by atoms with Crippen LogP contribution in [-0.2, 0) is 12.6 Å². The standard InChI is InChI=1S/C14H9F3.C13H9N/c15-14(16,17)11-6-5-10-7-9-3-1-2-4-12(9)13(10)8-11;1-3-7-12-10(5-1)9-11-6-2-4-8-13(11)14-12/h1-6,8H,7H2;1-9H. The van der Waals surface area contributed by atoms with Gasteiger partial charge in [-0.1, -0.05) is 66.7 Å². The summed E-state index contributed by atoms with van der Waals surface area (Å²) in [5.41, 5.74) is 5.26. The lowest BCUT2D eigenvalue weighted by molar-refractivity contribution is -0.137. The first-order valence-electron chi connectivity index (χ1n) is 10.0. The van der Waals surface area contributed by atoms with Crippen molar-refractivity contribution in [2.24, 2.45) is 0 Å². The fourth-order valence-corrected chi connectivity index (χ4v) is 4.02. The van der Waals surface area contributed by atoms with Crippen molar-refractivity contribution in [1.82, 2.24) is 4.98 Å². The Morgan fingerprint density at radius 2 is 1.16 bits per heavy atom. The lowest BCUT2D eigenvalue weighted by Gasteiger charge is -2.08. The zero-order chi connectivity index (χ0) is 21.4. The molecule has 0 saturated carbocycles. The predicted molar refractivity (Wildman–Crippen MR) is 119 cm³/mol. The van der Waals surface area contributed by atoms with E-state index in [1.54, 1.807) is 6.07 Å². The molecule has 1 aromatic heterocycles. The number of hydrogen-bond acceptors (Lipinski definition) is 1. The van der Waals surface area contributed by atoms with Gasteiger partial charge in [-0.25, -0.2) is 4.98 Å². The van der Waals surface area contributed by atoms with E-state index in [4.69, 9.17) is 0 Å². The molecular weight excluding hydrogens is 395 g/mol. The second-order valence-electron chi connectivity index (χ2n) is 7.58. The molecule has 5 aromatic rings. The number of para-hydroxylation sites is 2. The zero-order valence-electron chi connectivity index (χ0n) is 16.5. The molecule has 4 aromatic carbocycles. The Labute approximate surface area is 177 Å². The molecule has 0 unspecified atom stereocenters. The first kappa shape index (κ1) is 19.3. The first-order chi connectivity index (χ1) is 15.0. The Morgan fingerprint density at radius 1 is 0.581 bits per heavy atom. The van der Waals surface area contributed by atoms with E-state index in [0.717, 1.165) is 45.8 Å². The molecular formula is C27H18F3N. The largest absolute Gasteiger partial charge is 0.416 e. The van der Waals surface area contributed by atoms with Gasteiger partial charge in [-0.15, -0.1) is 0 Å². The van der Waals surface area contributed by atoms with Crippen LogP contribution in [-0.4, -0.2) is 4.98 Å². The summed E-state index contributed by atoms with van der Waals surface area (Å²) in [6, 6.07) is 30.2. The second kappa shape index (κ2) is 7.55. The van der Waals surface area contributed by atoms with Crippen molar-refractivity contribution in [3.63, 3.8) is 0 Å². The number of alkyl halides is 3. The van der Waals surface area contributed by atoms with Crippen molar-refractivity contribution in [3.05, 3.63) is 114 Å². The van der Waals surface area contributed by atoms with Crippen LogP contribution in [0, 0.1) is 0 Å². The number of aromatic nitrogens is 1. The third-order valence-electron chi connectivity index (χ3n) is 5.55. The Kier molecular flexibility index (Phi) is 4.70. The van der Waals surface area contributed by atoms with Gasteiger partial charge in [0.15, 0.2) is 0 Å². The Hall–Kier alpha value is -3.66. The highest BCUT2D eigenvalue weighted by Crippen LogP contribution is 2.40. The highest BCUT2D eigenvalue weighted by Gasteiger charge is 2.32. The third-order valence-corrected chi connectivity index (χ3v) is 5.55. The molecule has 0 atom stereocenters. The number of nitrogens with zero attached hydrogens (tertiary/aromatic N) is 1. The first-order valence-corrected chi connectivity index (χ1v) is 10.0. The molecule has 152 valence electrons. The minimum absolute atomic E-state index is 0.576. The van der Waals surface area contributed by atoms with Crippen LogP contribution in [0.3, 0.4) is 0 Å². The summed E-state index contributed by atoms with van der Waals surface area (Å²) in [6.07, 6.45) is -3.55. The maximum atomic E-state index is 12.6. The molecule has 6 rings (SSSR count). The van der Waals surface area contributed by atoms with Gasteiger partial charge < -0.3 is 0 Å². The van der Waals surface area contributed by atoms with Crippen LogP contribution in [0.2, 0.25) is 0 Å². The van der Waals surface area contributed by atoms with Gasteiger partial charge in [0.1, 0.15) is 0 Å². The van der Waals surface area contributed by atoms with Crippen LogP contribution in [0.4, 0.5) is 13.2 Å². The van der Waals surface area contributed by atoms with Crippen LogP contribution in [0.15, 0.2) is 97.1 Å². The van der Waals surface area contributed by atoms with Crippen molar-refractivity contribution in [2.75, 3.05) is 0 Å². The summed E-state index contributed by atoms with van der Waals surface area (Å²) >= 11 is 0. The minimum atomic E-state index is -4.27. The molecule has 0 fully saturated rings. The van der Waals surface area contributed by atoms with Crippen LogP contribution >= 0.6 is 0 Å². The Bertz CT molecular complexity index is 1300. The molecule has 0 N–H and O–H groups in total. The number of benzene rings is 4. The molecule has 4 heteroatoms. The molecule has 0 bridgehead atoms. The van der Waals surface area contributed by atoms with Crippen molar-refractivity contribution in [1.29, 1.82) is 0 Å². The number of hydrogen-bond donors (Lipinski definition) is 0. The summed E-state index contributed by atoms with van der Waals surface area (Å²) in [5, 5.41) is 2.40. The molecule has 0 radical (unpaired) electrons. The minimum Gasteiger partial charge on any atom is -0.248 e. The summed E-state index contributed by atoms with van der Waals surface area (Å²) in [5.74, 6) is 0. The van der Waals surface area contributed by atoms with Gasteiger partial charge in [0.05, 0.1) is 16.6 Å². The van der Waals surface area contributed by atoms with Crippen molar-refractivity contribution < 1.29 is 13.2 Å². The summed E-state index contributed by atoms with van der Waals surface area (Å²) in [6.45, 7) is 0. The maximum Gasteiger partial charge on any atom is 0.416 e. The lowest BCUT2D eigenvalue weighted by atomic mass is 10.0. The summed E-state index contributed by atoms with van der Waals surface area (Å²) in [4.78, 5) is 4.58. The van der Waals surface area contributed by atoms with Crippen molar-refractivity contribution in [2.45, 2.75) is 12.6 Å². The van der Waals surface area contributed by atoms with E-state index in [2.05, 4.69) is 23.2 Å². The predicted octanol–water partition coefficient (Wildman–Crippen LogP) is 7.66. The zero-order valence-corrected chi connectivity index (χ0v) is 16.5. The van der Waals surface area contributed by atoms with E-state index in [1.165, 1.54) is 16.8 Å². The Balaban J connectivity index is 0.000000134. The molecule has 31 heavy (non-hydrogen) atoms. The normalized spacial score (nSPS) is 12.2. The molecule has 0 amide bonds. The molecule has 0 spiro atoms. The fourth-order valence-electron chi connectivity index (χ4n) is 4.02. The van der Waals surface area contributed by atoms with Gasteiger partial charge in [-0.2, -0.15) is 13.2 Å². The molecule has 1 aliphatic carbocycles. The topological polar surface area (TPSA) is 12.9 Å². The van der Waals surface area contributed by atoms with Crippen LogP contribution < -0.4 is 0 Å². The van der Waals surface area contributed by atoms with E-state index < -0.39 is 11.7 Å². The third kappa shape index (κ3) is 3.77. The molecule has 0 saturated heterocycles. The maximum absolute atomic E-state index is 12.6. The quantitative estimate of drug-likeness (QED) is 0.233.